The predicted octanol–water partition coefficient (Wildman–Crippen LogP) is 3.78. The second kappa shape index (κ2) is 7.02. The number of sulfonamides is 1. The summed E-state index contributed by atoms with van der Waals surface area (Å²) in [6.07, 6.45) is 2.98. The number of halogens is 1. The number of rotatable bonds is 5. The summed E-state index contributed by atoms with van der Waals surface area (Å²) in [6.45, 7) is 0.199. The van der Waals surface area contributed by atoms with E-state index in [4.69, 9.17) is 11.6 Å². The van der Waals surface area contributed by atoms with E-state index >= 15 is 0 Å². The molecule has 0 aliphatic rings. The van der Waals surface area contributed by atoms with Gasteiger partial charge in [0.2, 0.25) is 0 Å². The van der Waals surface area contributed by atoms with E-state index in [1.807, 2.05) is 30.3 Å². The van der Waals surface area contributed by atoms with Crippen LogP contribution in [0.3, 0.4) is 0 Å². The van der Waals surface area contributed by atoms with Gasteiger partial charge >= 0.3 is 0 Å². The lowest BCUT2D eigenvalue weighted by Crippen LogP contribution is -2.30. The zero-order valence-electron chi connectivity index (χ0n) is 14.1. The lowest BCUT2D eigenvalue weighted by molar-refractivity contribution is 0.590. The molecule has 0 aliphatic carbocycles. The average molecular weight is 399 g/mol. The van der Waals surface area contributed by atoms with E-state index in [9.17, 15) is 8.42 Å². The van der Waals surface area contributed by atoms with E-state index in [1.54, 1.807) is 34.7 Å². The first-order chi connectivity index (χ1) is 13.0. The fourth-order valence-electron chi connectivity index (χ4n) is 2.76. The maximum absolute atomic E-state index is 13.4. The van der Waals surface area contributed by atoms with Gasteiger partial charge < -0.3 is 0 Å². The van der Waals surface area contributed by atoms with Crippen LogP contribution >= 0.6 is 11.6 Å². The highest BCUT2D eigenvalue weighted by Gasteiger charge is 2.26. The molecule has 0 aliphatic heterocycles. The Labute approximate surface area is 161 Å². The van der Waals surface area contributed by atoms with Crippen LogP contribution in [-0.2, 0) is 16.6 Å². The Morgan fingerprint density at radius 1 is 0.963 bits per heavy atom. The zero-order chi connectivity index (χ0) is 18.9. The molecule has 6 nitrogen and oxygen atoms in total. The van der Waals surface area contributed by atoms with Crippen molar-refractivity contribution in [3.63, 3.8) is 0 Å². The second-order valence-corrected chi connectivity index (χ2v) is 8.23. The van der Waals surface area contributed by atoms with Crippen LogP contribution in [0.15, 0.2) is 84.1 Å². The SMILES string of the molecule is O=S(=O)(c1ccc2nncn2c1)N(Cc1ccccc1)c1ccc(Cl)cc1. The highest BCUT2D eigenvalue weighted by molar-refractivity contribution is 7.92. The Hall–Kier alpha value is -2.90. The van der Waals surface area contributed by atoms with Gasteiger partial charge in [-0.1, -0.05) is 41.9 Å². The molecule has 0 radical (unpaired) electrons. The van der Waals surface area contributed by atoms with Gasteiger partial charge in [-0.2, -0.15) is 0 Å². The van der Waals surface area contributed by atoms with Gasteiger partial charge in [0.25, 0.3) is 10.0 Å². The molecule has 8 heteroatoms. The summed E-state index contributed by atoms with van der Waals surface area (Å²) < 4.78 is 29.8. The van der Waals surface area contributed by atoms with Crippen molar-refractivity contribution in [2.24, 2.45) is 0 Å². The second-order valence-electron chi connectivity index (χ2n) is 5.93. The number of hydrogen-bond donors (Lipinski definition) is 0. The van der Waals surface area contributed by atoms with Crippen molar-refractivity contribution in [3.8, 4) is 0 Å². The number of hydrogen-bond acceptors (Lipinski definition) is 4. The summed E-state index contributed by atoms with van der Waals surface area (Å²) in [5.74, 6) is 0. The number of benzene rings is 2. The Balaban J connectivity index is 1.81. The molecule has 2 heterocycles. The molecule has 0 fully saturated rings. The van der Waals surface area contributed by atoms with Crippen molar-refractivity contribution >= 4 is 33.0 Å². The molecule has 0 unspecified atom stereocenters. The van der Waals surface area contributed by atoms with Crippen LogP contribution in [0.1, 0.15) is 5.56 Å². The molecule has 27 heavy (non-hydrogen) atoms. The monoisotopic (exact) mass is 398 g/mol. The molecule has 0 spiro atoms. The van der Waals surface area contributed by atoms with Crippen molar-refractivity contribution in [1.29, 1.82) is 0 Å². The fraction of sp³-hybridized carbons (Fsp3) is 0.0526. The molecule has 0 saturated heterocycles. The molecule has 0 N–H and O–H groups in total. The quantitative estimate of drug-likeness (QED) is 0.513. The molecule has 2 aromatic heterocycles. The van der Waals surface area contributed by atoms with E-state index in [1.165, 1.54) is 22.9 Å². The number of anilines is 1. The van der Waals surface area contributed by atoms with Gasteiger partial charge in [-0.05, 0) is 42.0 Å². The molecule has 4 aromatic rings. The van der Waals surface area contributed by atoms with E-state index in [0.717, 1.165) is 5.56 Å². The Bertz CT molecular complexity index is 1180. The predicted molar refractivity (Wildman–Crippen MR) is 104 cm³/mol. The summed E-state index contributed by atoms with van der Waals surface area (Å²) in [7, 11) is -3.82. The van der Waals surface area contributed by atoms with E-state index < -0.39 is 10.0 Å². The van der Waals surface area contributed by atoms with Gasteiger partial charge in [0.1, 0.15) is 11.2 Å². The fourth-order valence-corrected chi connectivity index (χ4v) is 4.34. The largest absolute Gasteiger partial charge is 0.288 e. The number of pyridine rings is 1. The Morgan fingerprint density at radius 3 is 2.44 bits per heavy atom. The van der Waals surface area contributed by atoms with Crippen LogP contribution in [0.4, 0.5) is 5.69 Å². The van der Waals surface area contributed by atoms with Crippen LogP contribution in [0, 0.1) is 0 Å². The van der Waals surface area contributed by atoms with Crippen LogP contribution in [-0.4, -0.2) is 23.0 Å². The molecule has 136 valence electrons. The van der Waals surface area contributed by atoms with Gasteiger partial charge in [-0.15, -0.1) is 10.2 Å². The lowest BCUT2D eigenvalue weighted by atomic mass is 10.2. The van der Waals surface area contributed by atoms with E-state index in [0.29, 0.717) is 16.4 Å². The van der Waals surface area contributed by atoms with Gasteiger partial charge in [-0.3, -0.25) is 8.71 Å². The van der Waals surface area contributed by atoms with Crippen LogP contribution < -0.4 is 4.31 Å². The Morgan fingerprint density at radius 2 is 1.70 bits per heavy atom. The lowest BCUT2D eigenvalue weighted by Gasteiger charge is -2.25. The molecule has 0 amide bonds. The smallest absolute Gasteiger partial charge is 0.266 e. The van der Waals surface area contributed by atoms with Crippen molar-refractivity contribution in [2.45, 2.75) is 11.4 Å². The first-order valence-electron chi connectivity index (χ1n) is 8.16. The molecular formula is C19H15ClN4O2S. The van der Waals surface area contributed by atoms with Crippen molar-refractivity contribution in [2.75, 3.05) is 4.31 Å². The van der Waals surface area contributed by atoms with Crippen molar-refractivity contribution in [1.82, 2.24) is 14.6 Å². The van der Waals surface area contributed by atoms with Gasteiger partial charge in [0, 0.05) is 11.2 Å². The topological polar surface area (TPSA) is 67.6 Å². The minimum absolute atomic E-state index is 0.153. The van der Waals surface area contributed by atoms with Gasteiger partial charge in [-0.25, -0.2) is 8.42 Å². The highest BCUT2D eigenvalue weighted by atomic mass is 35.5. The average Bonchev–Trinajstić information content (AvgIpc) is 3.15. The van der Waals surface area contributed by atoms with Gasteiger partial charge in [0.05, 0.1) is 12.2 Å². The number of aromatic nitrogens is 3. The maximum Gasteiger partial charge on any atom is 0.266 e. The molecule has 0 saturated carbocycles. The Kier molecular flexibility index (Phi) is 4.55. The van der Waals surface area contributed by atoms with Crippen LogP contribution in [0.5, 0.6) is 0 Å². The first kappa shape index (κ1) is 17.5. The first-order valence-corrected chi connectivity index (χ1v) is 9.97. The summed E-state index contributed by atoms with van der Waals surface area (Å²) in [5, 5.41) is 8.25. The summed E-state index contributed by atoms with van der Waals surface area (Å²) >= 11 is 5.98. The minimum Gasteiger partial charge on any atom is -0.288 e. The third-order valence-corrected chi connectivity index (χ3v) is 6.14. The molecule has 4 rings (SSSR count). The molecule has 0 atom stereocenters. The third-order valence-electron chi connectivity index (χ3n) is 4.14. The molecule has 2 aromatic carbocycles. The van der Waals surface area contributed by atoms with Crippen molar-refractivity contribution in [3.05, 3.63) is 89.8 Å². The van der Waals surface area contributed by atoms with Crippen molar-refractivity contribution < 1.29 is 8.42 Å². The summed E-state index contributed by atoms with van der Waals surface area (Å²) in [6, 6.07) is 19.3. The van der Waals surface area contributed by atoms with Gasteiger partial charge in [0.15, 0.2) is 5.65 Å². The molecule has 0 bridgehead atoms. The van der Waals surface area contributed by atoms with Crippen LogP contribution in [0.25, 0.3) is 5.65 Å². The normalized spacial score (nSPS) is 11.6. The maximum atomic E-state index is 13.4. The number of nitrogens with zero attached hydrogens (tertiary/aromatic N) is 4. The minimum atomic E-state index is -3.82. The summed E-state index contributed by atoms with van der Waals surface area (Å²) in [5.41, 5.74) is 1.99. The number of fused-ring (bicyclic) bond motifs is 1. The zero-order valence-corrected chi connectivity index (χ0v) is 15.7. The third kappa shape index (κ3) is 3.51. The van der Waals surface area contributed by atoms with E-state index in [2.05, 4.69) is 10.2 Å². The summed E-state index contributed by atoms with van der Waals surface area (Å²) in [4.78, 5) is 0.153. The standard InChI is InChI=1S/C19H15ClN4O2S/c20-16-6-8-17(9-7-16)24(12-15-4-2-1-3-5-15)27(25,26)18-10-11-19-22-21-14-23(19)13-18/h1-11,13-14H,12H2. The highest BCUT2D eigenvalue weighted by Crippen LogP contribution is 2.27. The molecular weight excluding hydrogens is 384 g/mol. The van der Waals surface area contributed by atoms with Crippen LogP contribution in [0.2, 0.25) is 5.02 Å². The van der Waals surface area contributed by atoms with E-state index in [-0.39, 0.29) is 11.4 Å².